The summed E-state index contributed by atoms with van der Waals surface area (Å²) in [5.74, 6) is 0. The van der Waals surface area contributed by atoms with Gasteiger partial charge in [0.2, 0.25) is 0 Å². The smallest absolute Gasteiger partial charge is 0.0487 e. The van der Waals surface area contributed by atoms with E-state index in [0.717, 1.165) is 6.42 Å². The molecule has 0 saturated carbocycles. The summed E-state index contributed by atoms with van der Waals surface area (Å²) in [6.07, 6.45) is 5.14. The second kappa shape index (κ2) is 4.20. The summed E-state index contributed by atoms with van der Waals surface area (Å²) in [7, 11) is 0. The van der Waals surface area contributed by atoms with E-state index in [1.165, 1.54) is 0 Å². The number of alkyl halides is 1. The van der Waals surface area contributed by atoms with Crippen LogP contribution in [-0.2, 0) is 0 Å². The van der Waals surface area contributed by atoms with Crippen molar-refractivity contribution in [1.82, 2.24) is 0 Å². The molecule has 0 bridgehead atoms. The van der Waals surface area contributed by atoms with Crippen LogP contribution < -0.4 is 0 Å². The second-order valence-corrected chi connectivity index (χ2v) is 2.20. The van der Waals surface area contributed by atoms with Crippen molar-refractivity contribution in [2.24, 2.45) is 0 Å². The number of allylic oxidation sites excluding steroid dienone is 2. The van der Waals surface area contributed by atoms with E-state index in [1.807, 2.05) is 13.0 Å². The van der Waals surface area contributed by atoms with Crippen molar-refractivity contribution >= 4 is 11.6 Å². The second-order valence-electron chi connectivity index (χ2n) is 1.51. The lowest BCUT2D eigenvalue weighted by molar-refractivity contribution is 1.16. The molecule has 0 N–H and O–H groups in total. The number of rotatable bonds is 2. The highest BCUT2D eigenvalue weighted by Crippen LogP contribution is 1.94. The average Bonchev–Trinajstić information content (AvgIpc) is 1.61. The molecule has 0 radical (unpaired) electrons. The molecule has 0 aromatic heterocycles. The fraction of sp³-hybridized carbons (Fsp3) is 0.667. The summed E-state index contributed by atoms with van der Waals surface area (Å²) in [6, 6.07) is 0. The molecule has 0 amide bonds. The van der Waals surface area contributed by atoms with Crippen LogP contribution in [0.25, 0.3) is 0 Å². The van der Waals surface area contributed by atoms with Crippen molar-refractivity contribution in [2.75, 3.05) is 0 Å². The van der Waals surface area contributed by atoms with Crippen LogP contribution in [-0.4, -0.2) is 5.38 Å². The van der Waals surface area contributed by atoms with Gasteiger partial charge in [-0.3, -0.25) is 0 Å². The highest BCUT2D eigenvalue weighted by atomic mass is 35.5. The van der Waals surface area contributed by atoms with Gasteiger partial charge in [0.05, 0.1) is 0 Å². The van der Waals surface area contributed by atoms with Crippen LogP contribution in [0.1, 0.15) is 20.3 Å². The Kier molecular flexibility index (Phi) is 4.21. The van der Waals surface area contributed by atoms with Gasteiger partial charge in [0.1, 0.15) is 0 Å². The molecule has 0 fully saturated rings. The average molecular weight is 119 g/mol. The van der Waals surface area contributed by atoms with Gasteiger partial charge in [-0.1, -0.05) is 19.1 Å². The first-order valence-corrected chi connectivity index (χ1v) is 3.01. The molecule has 0 aliphatic heterocycles. The molecule has 7 heavy (non-hydrogen) atoms. The van der Waals surface area contributed by atoms with Crippen LogP contribution >= 0.6 is 11.6 Å². The first-order chi connectivity index (χ1) is 3.27. The zero-order valence-electron chi connectivity index (χ0n) is 4.82. The van der Waals surface area contributed by atoms with Crippen molar-refractivity contribution < 1.29 is 0 Å². The minimum absolute atomic E-state index is 0.194. The van der Waals surface area contributed by atoms with Crippen LogP contribution in [0, 0.1) is 0 Å². The molecule has 1 atom stereocenters. The Hall–Kier alpha value is 0.0300. The van der Waals surface area contributed by atoms with Crippen LogP contribution in [0.5, 0.6) is 0 Å². The van der Waals surface area contributed by atoms with Gasteiger partial charge in [-0.25, -0.2) is 0 Å². The quantitative estimate of drug-likeness (QED) is 0.386. The molecule has 0 saturated heterocycles. The molecular formula is C6H11Cl. The molecule has 0 aromatic carbocycles. The van der Waals surface area contributed by atoms with E-state index in [1.54, 1.807) is 0 Å². The maximum Gasteiger partial charge on any atom is 0.0487 e. The molecule has 0 rings (SSSR count). The zero-order chi connectivity index (χ0) is 5.70. The molecule has 0 spiro atoms. The van der Waals surface area contributed by atoms with Crippen LogP contribution in [0.2, 0.25) is 0 Å². The monoisotopic (exact) mass is 118 g/mol. The summed E-state index contributed by atoms with van der Waals surface area (Å²) in [6.45, 7) is 4.05. The van der Waals surface area contributed by atoms with Crippen molar-refractivity contribution in [3.8, 4) is 0 Å². The molecule has 0 aromatic rings. The molecule has 0 aliphatic carbocycles. The van der Waals surface area contributed by atoms with E-state index in [-0.39, 0.29) is 5.38 Å². The van der Waals surface area contributed by atoms with Crippen molar-refractivity contribution in [2.45, 2.75) is 25.6 Å². The van der Waals surface area contributed by atoms with Gasteiger partial charge in [-0.15, -0.1) is 11.6 Å². The Labute approximate surface area is 50.2 Å². The van der Waals surface area contributed by atoms with E-state index in [0.29, 0.717) is 0 Å². The van der Waals surface area contributed by atoms with Gasteiger partial charge in [0.15, 0.2) is 0 Å². The van der Waals surface area contributed by atoms with E-state index in [4.69, 9.17) is 11.6 Å². The van der Waals surface area contributed by atoms with Gasteiger partial charge >= 0.3 is 0 Å². The number of halogens is 1. The van der Waals surface area contributed by atoms with Gasteiger partial charge in [0, 0.05) is 5.38 Å². The SMILES string of the molecule is CC/C=C/C(C)Cl. The summed E-state index contributed by atoms with van der Waals surface area (Å²) >= 11 is 5.57. The number of hydrogen-bond donors (Lipinski definition) is 0. The maximum absolute atomic E-state index is 5.57. The predicted octanol–water partition coefficient (Wildman–Crippen LogP) is 2.58. The summed E-state index contributed by atoms with van der Waals surface area (Å²) in [5.41, 5.74) is 0. The fourth-order valence-electron chi connectivity index (χ4n) is 0.324. The Morgan fingerprint density at radius 1 is 1.71 bits per heavy atom. The number of hydrogen-bond acceptors (Lipinski definition) is 0. The third-order valence-corrected chi connectivity index (χ3v) is 0.782. The highest BCUT2D eigenvalue weighted by molar-refractivity contribution is 6.21. The first kappa shape index (κ1) is 7.03. The summed E-state index contributed by atoms with van der Waals surface area (Å²) in [5, 5.41) is 0.194. The Morgan fingerprint density at radius 2 is 2.29 bits per heavy atom. The molecule has 0 aliphatic rings. The minimum atomic E-state index is 0.194. The highest BCUT2D eigenvalue weighted by Gasteiger charge is 1.81. The molecule has 0 nitrogen and oxygen atoms in total. The van der Waals surface area contributed by atoms with Crippen LogP contribution in [0.15, 0.2) is 12.2 Å². The van der Waals surface area contributed by atoms with E-state index in [9.17, 15) is 0 Å². The Balaban J connectivity index is 3.08. The molecule has 1 heteroatoms. The largest absolute Gasteiger partial charge is 0.119 e. The zero-order valence-corrected chi connectivity index (χ0v) is 5.57. The predicted molar refractivity (Wildman–Crippen MR) is 34.7 cm³/mol. The van der Waals surface area contributed by atoms with Gasteiger partial charge < -0.3 is 0 Å². The molecular weight excluding hydrogens is 108 g/mol. The van der Waals surface area contributed by atoms with Crippen LogP contribution in [0.4, 0.5) is 0 Å². The normalized spacial score (nSPS) is 15.3. The molecule has 1 unspecified atom stereocenters. The maximum atomic E-state index is 5.57. The van der Waals surface area contributed by atoms with E-state index in [2.05, 4.69) is 13.0 Å². The van der Waals surface area contributed by atoms with E-state index < -0.39 is 0 Å². The lowest BCUT2D eigenvalue weighted by atomic mass is 10.3. The van der Waals surface area contributed by atoms with Crippen molar-refractivity contribution in [3.05, 3.63) is 12.2 Å². The lowest BCUT2D eigenvalue weighted by Crippen LogP contribution is -1.78. The van der Waals surface area contributed by atoms with Crippen molar-refractivity contribution in [3.63, 3.8) is 0 Å². The van der Waals surface area contributed by atoms with Gasteiger partial charge in [-0.2, -0.15) is 0 Å². The topological polar surface area (TPSA) is 0 Å². The lowest BCUT2D eigenvalue weighted by Gasteiger charge is -1.86. The van der Waals surface area contributed by atoms with Gasteiger partial charge in [-0.05, 0) is 13.3 Å². The van der Waals surface area contributed by atoms with E-state index >= 15 is 0 Å². The van der Waals surface area contributed by atoms with Crippen molar-refractivity contribution in [1.29, 1.82) is 0 Å². The molecule has 0 heterocycles. The van der Waals surface area contributed by atoms with Crippen LogP contribution in [0.3, 0.4) is 0 Å². The standard InChI is InChI=1S/C6H11Cl/c1-3-4-5-6(2)7/h4-6H,3H2,1-2H3/b5-4+. The summed E-state index contributed by atoms with van der Waals surface area (Å²) in [4.78, 5) is 0. The molecule has 42 valence electrons. The summed E-state index contributed by atoms with van der Waals surface area (Å²) < 4.78 is 0. The fourth-order valence-corrected chi connectivity index (χ4v) is 0.426. The third-order valence-electron chi connectivity index (χ3n) is 0.637. The Morgan fingerprint density at radius 3 is 2.43 bits per heavy atom. The van der Waals surface area contributed by atoms with Gasteiger partial charge in [0.25, 0.3) is 0 Å². The first-order valence-electron chi connectivity index (χ1n) is 2.58. The third kappa shape index (κ3) is 6.03. The minimum Gasteiger partial charge on any atom is -0.119 e. The Bertz CT molecular complexity index is 55.2.